The molecule has 1 N–H and O–H groups in total. The summed E-state index contributed by atoms with van der Waals surface area (Å²) in [5.41, 5.74) is 2.82. The lowest BCUT2D eigenvalue weighted by Gasteiger charge is -2.32. The lowest BCUT2D eigenvalue weighted by molar-refractivity contribution is 0.0474. The summed E-state index contributed by atoms with van der Waals surface area (Å²) in [6, 6.07) is 24.3. The number of H-pyrrole nitrogens is 1. The van der Waals surface area contributed by atoms with Crippen LogP contribution < -0.4 is 5.43 Å². The summed E-state index contributed by atoms with van der Waals surface area (Å²) < 4.78 is 5.45. The molecule has 5 rings (SSSR count). The molecule has 1 saturated heterocycles. The van der Waals surface area contributed by atoms with Crippen LogP contribution in [0.1, 0.15) is 50.6 Å². The first-order chi connectivity index (χ1) is 17.1. The maximum absolute atomic E-state index is 13.2. The van der Waals surface area contributed by atoms with Crippen molar-refractivity contribution in [2.24, 2.45) is 0 Å². The zero-order valence-electron chi connectivity index (χ0n) is 19.3. The number of nitrogens with zero attached hydrogens (tertiary/aromatic N) is 1. The monoisotopic (exact) mass is 466 g/mol. The number of hydrogen-bond acceptors (Lipinski definition) is 4. The van der Waals surface area contributed by atoms with E-state index in [2.05, 4.69) is 17.1 Å². The number of fused-ring (bicyclic) bond motifs is 1. The number of para-hydroxylation sites is 1. The maximum Gasteiger partial charge on any atom is 0.338 e. The number of nitrogens with one attached hydrogen (secondary N) is 1. The van der Waals surface area contributed by atoms with Gasteiger partial charge < -0.3 is 14.6 Å². The van der Waals surface area contributed by atoms with E-state index in [1.54, 1.807) is 47.4 Å². The summed E-state index contributed by atoms with van der Waals surface area (Å²) in [4.78, 5) is 43.6. The van der Waals surface area contributed by atoms with E-state index >= 15 is 0 Å². The molecule has 1 amide bonds. The van der Waals surface area contributed by atoms with Crippen molar-refractivity contribution in [3.8, 4) is 0 Å². The Morgan fingerprint density at radius 3 is 2.29 bits per heavy atom. The Morgan fingerprint density at radius 1 is 0.886 bits per heavy atom. The number of likely N-dealkylation sites (tertiary alicyclic amines) is 1. The van der Waals surface area contributed by atoms with Gasteiger partial charge in [-0.15, -0.1) is 0 Å². The Hall–Kier alpha value is -4.19. The van der Waals surface area contributed by atoms with Crippen LogP contribution in [0.2, 0.25) is 0 Å². The Labute approximate surface area is 203 Å². The molecule has 0 atom stereocenters. The van der Waals surface area contributed by atoms with Gasteiger partial charge in [0.25, 0.3) is 5.91 Å². The molecular weight excluding hydrogens is 440 g/mol. The van der Waals surface area contributed by atoms with Crippen molar-refractivity contribution in [2.45, 2.75) is 25.4 Å². The average molecular weight is 467 g/mol. The standard InChI is InChI=1S/C29H26N2O4/c32-27-24-13-7-12-23(19-35-29(34)22-10-5-2-6-11-22)26(24)30-18-25(27)28(33)31-16-14-21(15-17-31)20-8-3-1-4-9-20/h1-13,18,21H,14-17,19H2,(H,30,32). The molecule has 3 aromatic carbocycles. The molecule has 0 saturated carbocycles. The van der Waals surface area contributed by atoms with E-state index in [0.29, 0.717) is 41.0 Å². The molecule has 4 aromatic rings. The van der Waals surface area contributed by atoms with E-state index in [0.717, 1.165) is 12.8 Å². The van der Waals surface area contributed by atoms with Crippen LogP contribution in [0.4, 0.5) is 0 Å². The SMILES string of the molecule is O=C(OCc1cccc2c(=O)c(C(=O)N3CCC(c4ccccc4)CC3)c[nH]c12)c1ccccc1. The molecule has 1 aliphatic rings. The highest BCUT2D eigenvalue weighted by Gasteiger charge is 2.26. The van der Waals surface area contributed by atoms with Crippen molar-refractivity contribution in [3.63, 3.8) is 0 Å². The summed E-state index contributed by atoms with van der Waals surface area (Å²) >= 11 is 0. The van der Waals surface area contributed by atoms with Gasteiger partial charge in [0, 0.05) is 30.2 Å². The highest BCUT2D eigenvalue weighted by molar-refractivity contribution is 5.97. The Bertz CT molecular complexity index is 1410. The summed E-state index contributed by atoms with van der Waals surface area (Å²) in [5, 5.41) is 0.406. The minimum absolute atomic E-state index is 0.0152. The summed E-state index contributed by atoms with van der Waals surface area (Å²) in [6.07, 6.45) is 3.23. The number of aromatic amines is 1. The molecule has 1 aliphatic heterocycles. The molecule has 0 unspecified atom stereocenters. The van der Waals surface area contributed by atoms with Gasteiger partial charge >= 0.3 is 5.97 Å². The number of piperidine rings is 1. The fourth-order valence-corrected chi connectivity index (χ4v) is 4.71. The van der Waals surface area contributed by atoms with Crippen molar-refractivity contribution < 1.29 is 14.3 Å². The van der Waals surface area contributed by atoms with E-state index in [4.69, 9.17) is 4.74 Å². The Kier molecular flexibility index (Phi) is 6.44. The second-order valence-corrected chi connectivity index (χ2v) is 8.79. The second kappa shape index (κ2) is 9.97. The Balaban J connectivity index is 1.31. The predicted molar refractivity (Wildman–Crippen MR) is 134 cm³/mol. The number of pyridine rings is 1. The third-order valence-electron chi connectivity index (χ3n) is 6.65. The highest BCUT2D eigenvalue weighted by Crippen LogP contribution is 2.28. The van der Waals surface area contributed by atoms with Crippen LogP contribution in [0.3, 0.4) is 0 Å². The van der Waals surface area contributed by atoms with Gasteiger partial charge in [0.15, 0.2) is 0 Å². The van der Waals surface area contributed by atoms with Gasteiger partial charge in [-0.3, -0.25) is 9.59 Å². The third kappa shape index (κ3) is 4.73. The van der Waals surface area contributed by atoms with Crippen molar-refractivity contribution in [2.75, 3.05) is 13.1 Å². The summed E-state index contributed by atoms with van der Waals surface area (Å²) in [7, 11) is 0. The Morgan fingerprint density at radius 2 is 1.57 bits per heavy atom. The minimum atomic E-state index is -0.435. The van der Waals surface area contributed by atoms with Gasteiger partial charge in [-0.1, -0.05) is 60.7 Å². The quantitative estimate of drug-likeness (QED) is 0.424. The maximum atomic E-state index is 13.2. The van der Waals surface area contributed by atoms with Crippen LogP contribution in [-0.2, 0) is 11.3 Å². The van der Waals surface area contributed by atoms with Crippen molar-refractivity contribution in [1.82, 2.24) is 9.88 Å². The first-order valence-electron chi connectivity index (χ1n) is 11.8. The fourth-order valence-electron chi connectivity index (χ4n) is 4.71. The smallest absolute Gasteiger partial charge is 0.338 e. The van der Waals surface area contributed by atoms with E-state index in [9.17, 15) is 14.4 Å². The third-order valence-corrected chi connectivity index (χ3v) is 6.65. The van der Waals surface area contributed by atoms with Crippen LogP contribution in [0.25, 0.3) is 10.9 Å². The van der Waals surface area contributed by atoms with Crippen LogP contribution in [0, 0.1) is 0 Å². The number of rotatable bonds is 5. The molecule has 0 radical (unpaired) electrons. The number of amides is 1. The van der Waals surface area contributed by atoms with Crippen molar-refractivity contribution in [3.05, 3.63) is 118 Å². The topological polar surface area (TPSA) is 79.5 Å². The molecule has 0 bridgehead atoms. The molecule has 176 valence electrons. The van der Waals surface area contributed by atoms with Gasteiger partial charge in [-0.05, 0) is 42.5 Å². The predicted octanol–water partition coefficient (Wildman–Crippen LogP) is 4.90. The number of aromatic nitrogens is 1. The molecule has 0 aliphatic carbocycles. The molecule has 2 heterocycles. The molecule has 6 heteroatoms. The molecule has 0 spiro atoms. The van der Waals surface area contributed by atoms with Gasteiger partial charge in [0.1, 0.15) is 12.2 Å². The zero-order chi connectivity index (χ0) is 24.2. The molecular formula is C29H26N2O4. The van der Waals surface area contributed by atoms with Crippen LogP contribution in [0.15, 0.2) is 89.9 Å². The molecule has 6 nitrogen and oxygen atoms in total. The summed E-state index contributed by atoms with van der Waals surface area (Å²) in [5.74, 6) is -0.257. The van der Waals surface area contributed by atoms with Crippen molar-refractivity contribution in [1.29, 1.82) is 0 Å². The lowest BCUT2D eigenvalue weighted by Crippen LogP contribution is -2.40. The number of carbonyl (C=O) groups is 2. The molecule has 1 fully saturated rings. The van der Waals surface area contributed by atoms with E-state index in [-0.39, 0.29) is 23.5 Å². The van der Waals surface area contributed by atoms with Gasteiger partial charge in [0.2, 0.25) is 5.43 Å². The number of hydrogen-bond donors (Lipinski definition) is 1. The number of ether oxygens (including phenoxy) is 1. The van der Waals surface area contributed by atoms with Gasteiger partial charge in [-0.25, -0.2) is 4.79 Å². The fraction of sp³-hybridized carbons (Fsp3) is 0.207. The van der Waals surface area contributed by atoms with Gasteiger partial charge in [0.05, 0.1) is 11.1 Å². The highest BCUT2D eigenvalue weighted by atomic mass is 16.5. The van der Waals surface area contributed by atoms with Crippen molar-refractivity contribution >= 4 is 22.8 Å². The lowest BCUT2D eigenvalue weighted by atomic mass is 9.89. The van der Waals surface area contributed by atoms with Crippen LogP contribution >= 0.6 is 0 Å². The van der Waals surface area contributed by atoms with Gasteiger partial charge in [-0.2, -0.15) is 0 Å². The molecule has 1 aromatic heterocycles. The summed E-state index contributed by atoms with van der Waals surface area (Å²) in [6.45, 7) is 1.25. The van der Waals surface area contributed by atoms with E-state index in [1.807, 2.05) is 24.3 Å². The largest absolute Gasteiger partial charge is 0.457 e. The average Bonchev–Trinajstić information content (AvgIpc) is 2.93. The molecule has 35 heavy (non-hydrogen) atoms. The van der Waals surface area contributed by atoms with Crippen LogP contribution in [0.5, 0.6) is 0 Å². The minimum Gasteiger partial charge on any atom is -0.457 e. The van der Waals surface area contributed by atoms with E-state index < -0.39 is 5.97 Å². The number of benzene rings is 3. The second-order valence-electron chi connectivity index (χ2n) is 8.79. The first-order valence-corrected chi connectivity index (χ1v) is 11.8. The normalized spacial score (nSPS) is 14.1. The van der Waals surface area contributed by atoms with E-state index in [1.165, 1.54) is 11.8 Å². The number of carbonyl (C=O) groups excluding carboxylic acids is 2. The number of esters is 1. The van der Waals surface area contributed by atoms with Crippen LogP contribution in [-0.4, -0.2) is 34.8 Å². The first kappa shape index (κ1) is 22.6. The zero-order valence-corrected chi connectivity index (χ0v) is 19.3.